The second-order valence-electron chi connectivity index (χ2n) is 6.73. The number of rotatable bonds is 5. The Hall–Kier alpha value is -1.76. The van der Waals surface area contributed by atoms with Crippen molar-refractivity contribution in [2.24, 2.45) is 0 Å². The van der Waals surface area contributed by atoms with E-state index in [-0.39, 0.29) is 18.8 Å². The minimum absolute atomic E-state index is 0.0166. The molecule has 1 saturated carbocycles. The minimum Gasteiger partial charge on any atom is -0.392 e. The lowest BCUT2D eigenvalue weighted by molar-refractivity contribution is -0.0763. The number of morpholine rings is 1. The summed E-state index contributed by atoms with van der Waals surface area (Å²) in [6.07, 6.45) is 2.34. The largest absolute Gasteiger partial charge is 0.392 e. The predicted octanol–water partition coefficient (Wildman–Crippen LogP) is 2.40. The van der Waals surface area contributed by atoms with E-state index in [4.69, 9.17) is 9.26 Å². The van der Waals surface area contributed by atoms with Crippen molar-refractivity contribution in [2.45, 2.75) is 51.0 Å². The molecule has 0 radical (unpaired) electrons. The number of ether oxygens (including phenoxy) is 1. The fourth-order valence-corrected chi connectivity index (χ4v) is 3.28. The Kier molecular flexibility index (Phi) is 4.35. The van der Waals surface area contributed by atoms with Gasteiger partial charge in [-0.25, -0.2) is 0 Å². The summed E-state index contributed by atoms with van der Waals surface area (Å²) in [4.78, 5) is 6.97. The van der Waals surface area contributed by atoms with Crippen molar-refractivity contribution in [2.75, 3.05) is 13.2 Å². The molecule has 2 fully saturated rings. The van der Waals surface area contributed by atoms with Gasteiger partial charge in [0.1, 0.15) is 6.04 Å². The summed E-state index contributed by atoms with van der Waals surface area (Å²) >= 11 is 0. The Morgan fingerprint density at radius 2 is 1.96 bits per heavy atom. The first kappa shape index (κ1) is 15.7. The van der Waals surface area contributed by atoms with Crippen LogP contribution in [0.4, 0.5) is 0 Å². The number of aromatic nitrogens is 2. The maximum Gasteiger partial charge on any atom is 0.246 e. The molecular formula is C18H23N3O3. The van der Waals surface area contributed by atoms with Crippen LogP contribution >= 0.6 is 0 Å². The maximum absolute atomic E-state index is 9.17. The number of hydrogen-bond acceptors (Lipinski definition) is 6. The first-order valence-electron chi connectivity index (χ1n) is 8.62. The number of nitrogens with zero attached hydrogens (tertiary/aromatic N) is 3. The molecule has 128 valence electrons. The third-order valence-corrected chi connectivity index (χ3v) is 4.84. The molecule has 6 nitrogen and oxygen atoms in total. The molecule has 0 spiro atoms. The van der Waals surface area contributed by atoms with Gasteiger partial charge < -0.3 is 14.4 Å². The zero-order valence-electron chi connectivity index (χ0n) is 13.9. The van der Waals surface area contributed by atoms with Crippen molar-refractivity contribution < 1.29 is 14.4 Å². The van der Waals surface area contributed by atoms with Crippen LogP contribution in [0.5, 0.6) is 0 Å². The highest BCUT2D eigenvalue weighted by Crippen LogP contribution is 2.39. The molecule has 1 aliphatic heterocycles. The molecule has 2 atom stereocenters. The van der Waals surface area contributed by atoms with E-state index in [1.54, 1.807) is 0 Å². The summed E-state index contributed by atoms with van der Waals surface area (Å²) in [6, 6.07) is 8.03. The van der Waals surface area contributed by atoms with Gasteiger partial charge in [-0.1, -0.05) is 29.4 Å². The van der Waals surface area contributed by atoms with Crippen LogP contribution in [-0.2, 0) is 17.9 Å². The van der Waals surface area contributed by atoms with Gasteiger partial charge in [0.2, 0.25) is 5.89 Å². The monoisotopic (exact) mass is 329 g/mol. The topological polar surface area (TPSA) is 71.6 Å². The first-order chi connectivity index (χ1) is 11.7. The van der Waals surface area contributed by atoms with Gasteiger partial charge in [-0.15, -0.1) is 0 Å². The summed E-state index contributed by atoms with van der Waals surface area (Å²) in [5, 5.41) is 13.3. The van der Waals surface area contributed by atoms with Crippen molar-refractivity contribution in [3.63, 3.8) is 0 Å². The Morgan fingerprint density at radius 1 is 1.21 bits per heavy atom. The second-order valence-corrected chi connectivity index (χ2v) is 6.73. The second kappa shape index (κ2) is 6.63. The van der Waals surface area contributed by atoms with Crippen molar-refractivity contribution >= 4 is 0 Å². The molecular weight excluding hydrogens is 306 g/mol. The van der Waals surface area contributed by atoms with E-state index < -0.39 is 0 Å². The van der Waals surface area contributed by atoms with Gasteiger partial charge in [0.15, 0.2) is 5.82 Å². The van der Waals surface area contributed by atoms with Gasteiger partial charge in [0, 0.05) is 19.0 Å². The number of benzene rings is 1. The zero-order chi connectivity index (χ0) is 16.5. The molecule has 1 saturated heterocycles. The molecule has 2 aromatic rings. The molecule has 1 aliphatic carbocycles. The van der Waals surface area contributed by atoms with Gasteiger partial charge in [-0.2, -0.15) is 4.98 Å². The van der Waals surface area contributed by atoms with Gasteiger partial charge in [-0.3, -0.25) is 4.90 Å². The molecule has 2 heterocycles. The van der Waals surface area contributed by atoms with Crippen molar-refractivity contribution in [3.05, 3.63) is 47.1 Å². The van der Waals surface area contributed by atoms with Gasteiger partial charge in [0.05, 0.1) is 19.3 Å². The molecule has 6 heteroatoms. The lowest BCUT2D eigenvalue weighted by Crippen LogP contribution is -2.43. The highest BCUT2D eigenvalue weighted by Gasteiger charge is 2.37. The normalized spacial score (nSPS) is 25.1. The van der Waals surface area contributed by atoms with E-state index in [2.05, 4.69) is 34.1 Å². The van der Waals surface area contributed by atoms with E-state index in [1.165, 1.54) is 5.56 Å². The van der Waals surface area contributed by atoms with E-state index in [0.29, 0.717) is 18.4 Å². The highest BCUT2D eigenvalue weighted by atomic mass is 16.5. The highest BCUT2D eigenvalue weighted by molar-refractivity contribution is 5.22. The lowest BCUT2D eigenvalue weighted by atomic mass is 10.1. The molecule has 24 heavy (non-hydrogen) atoms. The summed E-state index contributed by atoms with van der Waals surface area (Å²) < 4.78 is 11.4. The standard InChI is InChI=1S/C18H23N3O3/c1-12-16(18-19-17(20-24-18)15-6-7-15)21(8-9-23-12)10-13-2-4-14(11-22)5-3-13/h2-5,12,15-16,22H,6-11H2,1H3/t12-,16+/m1/s1. The summed E-state index contributed by atoms with van der Waals surface area (Å²) in [5.74, 6) is 1.99. The van der Waals surface area contributed by atoms with Crippen LogP contribution in [0.2, 0.25) is 0 Å². The SMILES string of the molecule is C[C@H]1OCCN(Cc2ccc(CO)cc2)[C@@H]1c1nc(C2CC2)no1. The summed E-state index contributed by atoms with van der Waals surface area (Å²) in [5.41, 5.74) is 2.13. The molecule has 2 aliphatic rings. The average Bonchev–Trinajstić information content (AvgIpc) is 3.34. The molecule has 1 N–H and O–H groups in total. The Balaban J connectivity index is 1.53. The third kappa shape index (κ3) is 3.22. The number of aliphatic hydroxyl groups excluding tert-OH is 1. The van der Waals surface area contributed by atoms with E-state index in [0.717, 1.165) is 37.3 Å². The first-order valence-corrected chi connectivity index (χ1v) is 8.62. The Labute approximate surface area is 141 Å². The molecule has 0 bridgehead atoms. The van der Waals surface area contributed by atoms with Crippen LogP contribution < -0.4 is 0 Å². The molecule has 0 unspecified atom stereocenters. The maximum atomic E-state index is 9.17. The molecule has 0 amide bonds. The summed E-state index contributed by atoms with van der Waals surface area (Å²) in [7, 11) is 0. The van der Waals surface area contributed by atoms with Crippen LogP contribution in [0.25, 0.3) is 0 Å². The van der Waals surface area contributed by atoms with Crippen LogP contribution in [0.1, 0.15) is 54.6 Å². The van der Waals surface area contributed by atoms with E-state index in [9.17, 15) is 5.11 Å². The quantitative estimate of drug-likeness (QED) is 0.908. The minimum atomic E-state index is -0.0173. The van der Waals surface area contributed by atoms with Crippen LogP contribution in [-0.4, -0.2) is 39.4 Å². The molecule has 1 aromatic heterocycles. The Morgan fingerprint density at radius 3 is 2.67 bits per heavy atom. The van der Waals surface area contributed by atoms with Gasteiger partial charge in [0.25, 0.3) is 0 Å². The average molecular weight is 329 g/mol. The van der Waals surface area contributed by atoms with Crippen LogP contribution in [0.3, 0.4) is 0 Å². The fourth-order valence-electron chi connectivity index (χ4n) is 3.28. The molecule has 1 aromatic carbocycles. The van der Waals surface area contributed by atoms with Crippen molar-refractivity contribution in [3.8, 4) is 0 Å². The number of aliphatic hydroxyl groups is 1. The smallest absolute Gasteiger partial charge is 0.246 e. The zero-order valence-corrected chi connectivity index (χ0v) is 13.9. The van der Waals surface area contributed by atoms with Crippen molar-refractivity contribution in [1.82, 2.24) is 15.0 Å². The van der Waals surface area contributed by atoms with Crippen LogP contribution in [0, 0.1) is 0 Å². The van der Waals surface area contributed by atoms with Gasteiger partial charge in [-0.05, 0) is 30.9 Å². The lowest BCUT2D eigenvalue weighted by Gasteiger charge is -2.37. The number of hydrogen-bond donors (Lipinski definition) is 1. The predicted molar refractivity (Wildman–Crippen MR) is 87.2 cm³/mol. The third-order valence-electron chi connectivity index (χ3n) is 4.84. The van der Waals surface area contributed by atoms with Crippen LogP contribution in [0.15, 0.2) is 28.8 Å². The fraction of sp³-hybridized carbons (Fsp3) is 0.556. The molecule has 4 rings (SSSR count). The van der Waals surface area contributed by atoms with E-state index >= 15 is 0 Å². The summed E-state index contributed by atoms with van der Waals surface area (Å²) in [6.45, 7) is 4.47. The van der Waals surface area contributed by atoms with E-state index in [1.807, 2.05) is 12.1 Å². The Bertz CT molecular complexity index is 681. The van der Waals surface area contributed by atoms with Gasteiger partial charge >= 0.3 is 0 Å². The van der Waals surface area contributed by atoms with Crippen molar-refractivity contribution in [1.29, 1.82) is 0 Å².